The van der Waals surface area contributed by atoms with Crippen molar-refractivity contribution in [1.29, 1.82) is 0 Å². The van der Waals surface area contributed by atoms with Crippen molar-refractivity contribution < 1.29 is 12.8 Å². The molecule has 1 rings (SSSR count). The number of benzene rings is 1. The van der Waals surface area contributed by atoms with E-state index in [-0.39, 0.29) is 21.9 Å². The Balaban J connectivity index is 3.32. The normalized spacial score (nSPS) is 14.0. The van der Waals surface area contributed by atoms with Crippen LogP contribution in [0.3, 0.4) is 0 Å². The largest absolute Gasteiger partial charge is 0.316 e. The quantitative estimate of drug-likeness (QED) is 0.869. The van der Waals surface area contributed by atoms with Crippen molar-refractivity contribution in [3.05, 3.63) is 28.5 Å². The fourth-order valence-corrected chi connectivity index (χ4v) is 3.62. The third kappa shape index (κ3) is 3.94. The molecule has 0 saturated heterocycles. The van der Waals surface area contributed by atoms with Gasteiger partial charge in [-0.2, -0.15) is 4.31 Å². The van der Waals surface area contributed by atoms with E-state index in [4.69, 9.17) is 11.6 Å². The van der Waals surface area contributed by atoms with Gasteiger partial charge in [0.1, 0.15) is 5.82 Å². The Morgan fingerprint density at radius 1 is 1.33 bits per heavy atom. The summed E-state index contributed by atoms with van der Waals surface area (Å²) in [7, 11) is -0.569. The second kappa shape index (κ2) is 7.05. The van der Waals surface area contributed by atoms with E-state index >= 15 is 0 Å². The number of sulfonamides is 1. The molecule has 1 aromatic carbocycles. The molecule has 0 saturated carbocycles. The van der Waals surface area contributed by atoms with Crippen LogP contribution in [0.5, 0.6) is 0 Å². The topological polar surface area (TPSA) is 49.4 Å². The molecule has 0 fully saturated rings. The number of rotatable bonds is 6. The van der Waals surface area contributed by atoms with Crippen LogP contribution in [0.4, 0.5) is 4.39 Å². The van der Waals surface area contributed by atoms with E-state index in [2.05, 4.69) is 5.32 Å². The van der Waals surface area contributed by atoms with Gasteiger partial charge in [-0.15, -0.1) is 0 Å². The summed E-state index contributed by atoms with van der Waals surface area (Å²) in [6, 6.07) is 2.20. The van der Waals surface area contributed by atoms with Crippen LogP contribution in [0.2, 0.25) is 5.02 Å². The average Bonchev–Trinajstić information content (AvgIpc) is 2.41. The van der Waals surface area contributed by atoms with Crippen LogP contribution < -0.4 is 5.32 Å². The van der Waals surface area contributed by atoms with E-state index in [1.807, 2.05) is 20.8 Å². The van der Waals surface area contributed by atoms with Crippen molar-refractivity contribution in [2.75, 3.05) is 14.1 Å². The lowest BCUT2D eigenvalue weighted by Crippen LogP contribution is -2.38. The van der Waals surface area contributed by atoms with Crippen LogP contribution in [0.1, 0.15) is 26.3 Å². The molecule has 1 atom stereocenters. The predicted octanol–water partition coefficient (Wildman–Crippen LogP) is 2.86. The van der Waals surface area contributed by atoms with Gasteiger partial charge in [0.15, 0.2) is 0 Å². The zero-order valence-electron chi connectivity index (χ0n) is 12.9. The summed E-state index contributed by atoms with van der Waals surface area (Å²) in [6.45, 7) is 5.99. The summed E-state index contributed by atoms with van der Waals surface area (Å²) in [6.07, 6.45) is 0. The van der Waals surface area contributed by atoms with Gasteiger partial charge in [-0.3, -0.25) is 0 Å². The van der Waals surface area contributed by atoms with Crippen LogP contribution in [0.15, 0.2) is 17.0 Å². The van der Waals surface area contributed by atoms with Gasteiger partial charge in [-0.05, 0) is 37.6 Å². The van der Waals surface area contributed by atoms with E-state index in [0.29, 0.717) is 12.1 Å². The fraction of sp³-hybridized carbons (Fsp3) is 0.571. The summed E-state index contributed by atoms with van der Waals surface area (Å²) in [5.41, 5.74) is 0.420. The first kappa shape index (κ1) is 18.4. The lowest BCUT2D eigenvalue weighted by atomic mass is 10.1. The Morgan fingerprint density at radius 3 is 2.38 bits per heavy atom. The van der Waals surface area contributed by atoms with Crippen molar-refractivity contribution in [3.8, 4) is 0 Å². The van der Waals surface area contributed by atoms with Gasteiger partial charge in [0.2, 0.25) is 10.0 Å². The van der Waals surface area contributed by atoms with Gasteiger partial charge in [0.25, 0.3) is 0 Å². The lowest BCUT2D eigenvalue weighted by molar-refractivity contribution is 0.315. The zero-order valence-corrected chi connectivity index (χ0v) is 14.5. The van der Waals surface area contributed by atoms with E-state index in [1.54, 1.807) is 7.05 Å². The van der Waals surface area contributed by atoms with Gasteiger partial charge in [-0.1, -0.05) is 25.4 Å². The number of hydrogen-bond donors (Lipinski definition) is 1. The minimum absolute atomic E-state index is 0.0529. The monoisotopic (exact) mass is 336 g/mol. The van der Waals surface area contributed by atoms with Crippen molar-refractivity contribution in [2.45, 2.75) is 38.3 Å². The maximum absolute atomic E-state index is 13.9. The van der Waals surface area contributed by atoms with Crippen molar-refractivity contribution in [2.24, 2.45) is 5.92 Å². The first-order chi connectivity index (χ1) is 9.62. The van der Waals surface area contributed by atoms with Crippen LogP contribution >= 0.6 is 11.6 Å². The maximum Gasteiger partial charge on any atom is 0.243 e. The summed E-state index contributed by atoms with van der Waals surface area (Å²) in [4.78, 5) is -0.0790. The van der Waals surface area contributed by atoms with Crippen LogP contribution in [-0.4, -0.2) is 32.9 Å². The first-order valence-corrected chi connectivity index (χ1v) is 8.55. The first-order valence-electron chi connectivity index (χ1n) is 6.73. The molecule has 120 valence electrons. The molecule has 0 aliphatic carbocycles. The number of nitrogens with zero attached hydrogens (tertiary/aromatic N) is 1. The minimum atomic E-state index is -3.76. The highest BCUT2D eigenvalue weighted by Gasteiger charge is 2.28. The summed E-state index contributed by atoms with van der Waals surface area (Å²) < 4.78 is 40.3. The molecule has 0 aliphatic heterocycles. The molecule has 1 N–H and O–H groups in total. The number of hydrogen-bond acceptors (Lipinski definition) is 3. The van der Waals surface area contributed by atoms with Gasteiger partial charge >= 0.3 is 0 Å². The Hall–Kier alpha value is -0.690. The van der Waals surface area contributed by atoms with Gasteiger partial charge in [-0.25, -0.2) is 12.8 Å². The van der Waals surface area contributed by atoms with Crippen LogP contribution in [0, 0.1) is 11.7 Å². The molecule has 7 heteroatoms. The molecule has 0 heterocycles. The van der Waals surface area contributed by atoms with E-state index in [0.717, 1.165) is 6.07 Å². The van der Waals surface area contributed by atoms with E-state index in [1.165, 1.54) is 17.4 Å². The Kier molecular flexibility index (Phi) is 6.16. The molecule has 0 amide bonds. The SMILES string of the molecule is CNCc1cc(S(=O)(=O)N(C)C(C)C(C)C)cc(F)c1Cl. The molecule has 1 unspecified atom stereocenters. The molecule has 21 heavy (non-hydrogen) atoms. The van der Waals surface area contributed by atoms with Crippen molar-refractivity contribution in [1.82, 2.24) is 9.62 Å². The van der Waals surface area contributed by atoms with Gasteiger partial charge < -0.3 is 5.32 Å². The van der Waals surface area contributed by atoms with E-state index < -0.39 is 15.8 Å². The second-order valence-electron chi connectivity index (χ2n) is 5.41. The fourth-order valence-electron chi connectivity index (χ4n) is 1.89. The van der Waals surface area contributed by atoms with Crippen molar-refractivity contribution >= 4 is 21.6 Å². The molecule has 0 aliphatic rings. The highest BCUT2D eigenvalue weighted by atomic mass is 35.5. The van der Waals surface area contributed by atoms with Gasteiger partial charge in [0, 0.05) is 19.6 Å². The van der Waals surface area contributed by atoms with Crippen LogP contribution in [0.25, 0.3) is 0 Å². The third-order valence-electron chi connectivity index (χ3n) is 3.66. The summed E-state index contributed by atoms with van der Waals surface area (Å²) in [5.74, 6) is -0.577. The Labute approximate surface area is 131 Å². The standard InChI is InChI=1S/C14H22ClFN2O2S/c1-9(2)10(3)18(5)21(19,20)12-6-11(8-17-4)14(15)13(16)7-12/h6-7,9-10,17H,8H2,1-5H3. The molecular weight excluding hydrogens is 315 g/mol. The molecule has 0 aromatic heterocycles. The summed E-state index contributed by atoms with van der Waals surface area (Å²) in [5, 5.41) is 2.79. The average molecular weight is 337 g/mol. The highest BCUT2D eigenvalue weighted by Crippen LogP contribution is 2.27. The molecule has 0 radical (unpaired) electrons. The predicted molar refractivity (Wildman–Crippen MR) is 83.4 cm³/mol. The van der Waals surface area contributed by atoms with Crippen LogP contribution in [-0.2, 0) is 16.6 Å². The minimum Gasteiger partial charge on any atom is -0.316 e. The Morgan fingerprint density at radius 2 is 1.90 bits per heavy atom. The number of halogens is 2. The number of nitrogens with one attached hydrogen (secondary N) is 1. The molecule has 0 bridgehead atoms. The zero-order chi connectivity index (χ0) is 16.4. The van der Waals surface area contributed by atoms with Gasteiger partial charge in [0.05, 0.1) is 9.92 Å². The molecule has 0 spiro atoms. The molecule has 4 nitrogen and oxygen atoms in total. The smallest absolute Gasteiger partial charge is 0.243 e. The third-order valence-corrected chi connectivity index (χ3v) is 6.01. The summed E-state index contributed by atoms with van der Waals surface area (Å²) >= 11 is 5.86. The van der Waals surface area contributed by atoms with Crippen molar-refractivity contribution in [3.63, 3.8) is 0 Å². The molecule has 1 aromatic rings. The Bertz CT molecular complexity index is 605. The second-order valence-corrected chi connectivity index (χ2v) is 7.79. The molecular formula is C14H22ClFN2O2S. The maximum atomic E-state index is 13.9. The lowest BCUT2D eigenvalue weighted by Gasteiger charge is -2.27. The highest BCUT2D eigenvalue weighted by molar-refractivity contribution is 7.89. The van der Waals surface area contributed by atoms with E-state index in [9.17, 15) is 12.8 Å².